The van der Waals surface area contributed by atoms with Gasteiger partial charge in [0.25, 0.3) is 0 Å². The molecule has 1 fully saturated rings. The van der Waals surface area contributed by atoms with E-state index >= 15 is 0 Å². The summed E-state index contributed by atoms with van der Waals surface area (Å²) in [4.78, 5) is 15.2. The molecule has 0 amide bonds. The smallest absolute Gasteiger partial charge is 0.348 e. The number of piperidine rings is 1. The van der Waals surface area contributed by atoms with Crippen LogP contribution in [0.2, 0.25) is 0 Å². The fraction of sp³-hybridized carbons (Fsp3) is 0.353. The number of benzene rings is 1. The Morgan fingerprint density at radius 3 is 2.59 bits per heavy atom. The molecule has 0 saturated carbocycles. The molecule has 0 bridgehead atoms. The summed E-state index contributed by atoms with van der Waals surface area (Å²) < 4.78 is 0. The van der Waals surface area contributed by atoms with Crippen LogP contribution in [0.1, 0.15) is 22.5 Å². The van der Waals surface area contributed by atoms with Gasteiger partial charge in [-0.3, -0.25) is 0 Å². The average Bonchev–Trinajstić information content (AvgIpc) is 2.95. The van der Waals surface area contributed by atoms with Gasteiger partial charge in [-0.05, 0) is 44.6 Å². The number of anilines is 1. The van der Waals surface area contributed by atoms with Crippen molar-refractivity contribution in [1.82, 2.24) is 4.90 Å². The summed E-state index contributed by atoms with van der Waals surface area (Å²) in [6.07, 6.45) is 2.10. The molecule has 2 aromatic rings. The zero-order valence-electron chi connectivity index (χ0n) is 12.6. The van der Waals surface area contributed by atoms with Gasteiger partial charge in [0, 0.05) is 10.9 Å². The molecule has 0 spiro atoms. The Morgan fingerprint density at radius 1 is 1.27 bits per heavy atom. The molecule has 1 aliphatic heterocycles. The van der Waals surface area contributed by atoms with Gasteiger partial charge in [0.15, 0.2) is 0 Å². The Bertz CT molecular complexity index is 646. The van der Waals surface area contributed by atoms with E-state index in [4.69, 9.17) is 0 Å². The first-order valence-corrected chi connectivity index (χ1v) is 8.33. The minimum absolute atomic E-state index is 0.354. The molecule has 4 nitrogen and oxygen atoms in total. The van der Waals surface area contributed by atoms with Crippen LogP contribution in [0.4, 0.5) is 5.69 Å². The summed E-state index contributed by atoms with van der Waals surface area (Å²) in [6.45, 7) is 2.10. The highest BCUT2D eigenvalue weighted by molar-refractivity contribution is 7.18. The van der Waals surface area contributed by atoms with Crippen LogP contribution in [0.15, 0.2) is 36.4 Å². The van der Waals surface area contributed by atoms with E-state index in [1.807, 2.05) is 36.4 Å². The first kappa shape index (κ1) is 15.1. The molecule has 0 radical (unpaired) electrons. The molecule has 0 atom stereocenters. The summed E-state index contributed by atoms with van der Waals surface area (Å²) in [5.74, 6) is -0.859. The van der Waals surface area contributed by atoms with Crippen molar-refractivity contribution in [2.75, 3.05) is 25.5 Å². The van der Waals surface area contributed by atoms with E-state index in [1.54, 1.807) is 0 Å². The van der Waals surface area contributed by atoms with E-state index in [1.165, 1.54) is 11.3 Å². The maximum Gasteiger partial charge on any atom is 0.348 e. The van der Waals surface area contributed by atoms with Crippen LogP contribution in [0.3, 0.4) is 0 Å². The number of nitrogens with zero attached hydrogens (tertiary/aromatic N) is 1. The van der Waals surface area contributed by atoms with Gasteiger partial charge >= 0.3 is 5.97 Å². The third-order valence-corrected chi connectivity index (χ3v) is 5.23. The maximum atomic E-state index is 11.5. The van der Waals surface area contributed by atoms with Crippen molar-refractivity contribution >= 4 is 23.0 Å². The van der Waals surface area contributed by atoms with Crippen molar-refractivity contribution in [3.05, 3.63) is 41.3 Å². The fourth-order valence-electron chi connectivity index (χ4n) is 2.77. The van der Waals surface area contributed by atoms with E-state index in [-0.39, 0.29) is 0 Å². The molecular weight excluding hydrogens is 296 g/mol. The number of hydrogen-bond acceptors (Lipinski definition) is 4. The normalized spacial score (nSPS) is 16.6. The summed E-state index contributed by atoms with van der Waals surface area (Å²) >= 11 is 1.34. The molecule has 2 N–H and O–H groups in total. The second-order valence-corrected chi connectivity index (χ2v) is 6.80. The molecule has 3 rings (SSSR count). The minimum Gasteiger partial charge on any atom is -0.477 e. The second kappa shape index (κ2) is 6.50. The van der Waals surface area contributed by atoms with Gasteiger partial charge in [-0.25, -0.2) is 4.79 Å². The number of rotatable bonds is 4. The van der Waals surface area contributed by atoms with Crippen LogP contribution < -0.4 is 5.32 Å². The Balaban J connectivity index is 1.83. The number of hydrogen-bond donors (Lipinski definition) is 2. The molecule has 1 saturated heterocycles. The van der Waals surface area contributed by atoms with E-state index in [9.17, 15) is 9.90 Å². The van der Waals surface area contributed by atoms with Gasteiger partial charge in [0.2, 0.25) is 0 Å². The highest BCUT2D eigenvalue weighted by Crippen LogP contribution is 2.35. The number of carboxylic acids is 1. The van der Waals surface area contributed by atoms with Gasteiger partial charge < -0.3 is 15.3 Å². The van der Waals surface area contributed by atoms with Crippen LogP contribution in [-0.2, 0) is 0 Å². The van der Waals surface area contributed by atoms with Crippen LogP contribution in [0.25, 0.3) is 10.4 Å². The Kier molecular flexibility index (Phi) is 4.45. The summed E-state index contributed by atoms with van der Waals surface area (Å²) in [6, 6.07) is 12.3. The lowest BCUT2D eigenvalue weighted by Crippen LogP contribution is -2.36. The van der Waals surface area contributed by atoms with Gasteiger partial charge in [0.1, 0.15) is 4.88 Å². The molecule has 5 heteroatoms. The van der Waals surface area contributed by atoms with E-state index in [0.717, 1.165) is 42.1 Å². The zero-order chi connectivity index (χ0) is 15.5. The molecule has 2 heterocycles. The van der Waals surface area contributed by atoms with Crippen molar-refractivity contribution in [2.45, 2.75) is 18.9 Å². The first-order chi connectivity index (χ1) is 10.6. The van der Waals surface area contributed by atoms with Crippen LogP contribution >= 0.6 is 11.3 Å². The van der Waals surface area contributed by atoms with Gasteiger partial charge in [0.05, 0.1) is 5.69 Å². The Morgan fingerprint density at radius 2 is 1.95 bits per heavy atom. The lowest BCUT2D eigenvalue weighted by atomic mass is 10.1. The lowest BCUT2D eigenvalue weighted by Gasteiger charge is -2.30. The highest BCUT2D eigenvalue weighted by atomic mass is 32.1. The first-order valence-electron chi connectivity index (χ1n) is 7.51. The van der Waals surface area contributed by atoms with Gasteiger partial charge in [-0.15, -0.1) is 11.3 Å². The SMILES string of the molecule is CN1CCC(Nc2cc(-c3ccccc3)sc2C(=O)O)CC1. The molecule has 22 heavy (non-hydrogen) atoms. The Hall–Kier alpha value is -1.85. The molecule has 0 aliphatic carbocycles. The quantitative estimate of drug-likeness (QED) is 0.904. The molecule has 1 aliphatic rings. The number of thiophene rings is 1. The molecule has 1 aromatic heterocycles. The predicted molar refractivity (Wildman–Crippen MR) is 90.9 cm³/mol. The zero-order valence-corrected chi connectivity index (χ0v) is 13.4. The van der Waals surface area contributed by atoms with Crippen LogP contribution in [0.5, 0.6) is 0 Å². The maximum absolute atomic E-state index is 11.5. The van der Waals surface area contributed by atoms with Crippen molar-refractivity contribution in [1.29, 1.82) is 0 Å². The number of nitrogens with one attached hydrogen (secondary N) is 1. The second-order valence-electron chi connectivity index (χ2n) is 5.75. The largest absolute Gasteiger partial charge is 0.477 e. The van der Waals surface area contributed by atoms with Crippen molar-refractivity contribution in [3.8, 4) is 10.4 Å². The number of carboxylic acid groups (broad SMARTS) is 1. The summed E-state index contributed by atoms with van der Waals surface area (Å²) in [5.41, 5.74) is 1.82. The monoisotopic (exact) mass is 316 g/mol. The van der Waals surface area contributed by atoms with E-state index in [2.05, 4.69) is 17.3 Å². The standard InChI is InChI=1S/C17H20N2O2S/c1-19-9-7-13(8-10-19)18-14-11-15(22-16(14)17(20)21)12-5-3-2-4-6-12/h2-6,11,13,18H,7-10H2,1H3,(H,20,21). The lowest BCUT2D eigenvalue weighted by molar-refractivity contribution is 0.0703. The fourth-order valence-corrected chi connectivity index (χ4v) is 3.74. The van der Waals surface area contributed by atoms with Crippen LogP contribution in [-0.4, -0.2) is 42.2 Å². The van der Waals surface area contributed by atoms with Crippen molar-refractivity contribution in [2.24, 2.45) is 0 Å². The molecule has 1 aromatic carbocycles. The van der Waals surface area contributed by atoms with E-state index in [0.29, 0.717) is 10.9 Å². The topological polar surface area (TPSA) is 52.6 Å². The number of aromatic carboxylic acids is 1. The molecule has 0 unspecified atom stereocenters. The highest BCUT2D eigenvalue weighted by Gasteiger charge is 2.21. The van der Waals surface area contributed by atoms with Crippen molar-refractivity contribution in [3.63, 3.8) is 0 Å². The van der Waals surface area contributed by atoms with E-state index < -0.39 is 5.97 Å². The molecular formula is C17H20N2O2S. The number of likely N-dealkylation sites (tertiary alicyclic amines) is 1. The minimum atomic E-state index is -0.859. The third kappa shape index (κ3) is 3.31. The van der Waals surface area contributed by atoms with Crippen molar-refractivity contribution < 1.29 is 9.90 Å². The molecule has 116 valence electrons. The number of carbonyl (C=O) groups is 1. The van der Waals surface area contributed by atoms with Gasteiger partial charge in [-0.2, -0.15) is 0 Å². The third-order valence-electron chi connectivity index (χ3n) is 4.06. The van der Waals surface area contributed by atoms with Crippen LogP contribution in [0, 0.1) is 0 Å². The van der Waals surface area contributed by atoms with Gasteiger partial charge in [-0.1, -0.05) is 30.3 Å². The Labute approximate surface area is 134 Å². The predicted octanol–water partition coefficient (Wildman–Crippen LogP) is 3.62. The summed E-state index contributed by atoms with van der Waals surface area (Å²) in [7, 11) is 2.12. The average molecular weight is 316 g/mol. The summed E-state index contributed by atoms with van der Waals surface area (Å²) in [5, 5.41) is 12.9.